The first-order valence-electron chi connectivity index (χ1n) is 19.0. The summed E-state index contributed by atoms with van der Waals surface area (Å²) in [4.78, 5) is 2.39. The van der Waals surface area contributed by atoms with Crippen LogP contribution < -0.4 is 4.90 Å². The first kappa shape index (κ1) is 31.2. The Morgan fingerprint density at radius 2 is 1.11 bits per heavy atom. The summed E-state index contributed by atoms with van der Waals surface area (Å²) in [6.07, 6.45) is 0. The van der Waals surface area contributed by atoms with Crippen LogP contribution in [0, 0.1) is 0 Å². The van der Waals surface area contributed by atoms with Gasteiger partial charge in [-0.15, -0.1) is 11.3 Å². The summed E-state index contributed by atoms with van der Waals surface area (Å²) in [5, 5.41) is 9.75. The van der Waals surface area contributed by atoms with Gasteiger partial charge in [0.2, 0.25) is 0 Å². The van der Waals surface area contributed by atoms with Crippen molar-refractivity contribution < 1.29 is 4.42 Å². The number of benzene rings is 9. The summed E-state index contributed by atoms with van der Waals surface area (Å²) in [7, 11) is 0. The molecular weight excluding hydrogens is 701 g/mol. The fourth-order valence-corrected chi connectivity index (χ4v) is 9.86. The Kier molecular flexibility index (Phi) is 6.80. The fourth-order valence-electron chi connectivity index (χ4n) is 8.77. The molecule has 0 aliphatic carbocycles. The smallest absolute Gasteiger partial charge is 0.137 e. The molecule has 262 valence electrons. The third-order valence-corrected chi connectivity index (χ3v) is 12.5. The summed E-state index contributed by atoms with van der Waals surface area (Å²) in [6, 6.07) is 70.3. The van der Waals surface area contributed by atoms with Crippen LogP contribution in [0.15, 0.2) is 199 Å². The van der Waals surface area contributed by atoms with Crippen LogP contribution >= 0.6 is 11.3 Å². The number of rotatable bonds is 5. The van der Waals surface area contributed by atoms with Crippen LogP contribution in [-0.4, -0.2) is 4.57 Å². The van der Waals surface area contributed by atoms with Crippen molar-refractivity contribution in [3.63, 3.8) is 0 Å². The fraction of sp³-hybridized carbons (Fsp3) is 0. The Morgan fingerprint density at radius 3 is 2.02 bits per heavy atom. The predicted molar refractivity (Wildman–Crippen MR) is 239 cm³/mol. The van der Waals surface area contributed by atoms with E-state index in [0.717, 1.165) is 39.0 Å². The second kappa shape index (κ2) is 12.2. The molecule has 4 heteroatoms. The average molecular weight is 733 g/mol. The van der Waals surface area contributed by atoms with Gasteiger partial charge in [-0.25, -0.2) is 0 Å². The SMILES string of the molecule is c1ccc2cc(-n3c4ccccc4c4cc(-c5ccc(N(c6ccc7sc8ccccc8c7c6)c6cccc7oc8ccccc8c67)cc5)ccc43)ccc2c1. The molecule has 0 amide bonds. The lowest BCUT2D eigenvalue weighted by molar-refractivity contribution is 0.669. The van der Waals surface area contributed by atoms with Crippen LogP contribution in [0.1, 0.15) is 0 Å². The summed E-state index contributed by atoms with van der Waals surface area (Å²) in [5.74, 6) is 0. The Hall–Kier alpha value is -7.14. The third kappa shape index (κ3) is 4.76. The quantitative estimate of drug-likeness (QED) is 0.176. The van der Waals surface area contributed by atoms with Crippen LogP contribution in [0.25, 0.3) is 91.5 Å². The number of aromatic nitrogens is 1. The summed E-state index contributed by atoms with van der Waals surface area (Å²) in [5.41, 5.74) is 11.0. The van der Waals surface area contributed by atoms with Crippen molar-refractivity contribution in [2.24, 2.45) is 0 Å². The zero-order chi connectivity index (χ0) is 36.7. The molecule has 0 saturated heterocycles. The van der Waals surface area contributed by atoms with Crippen molar-refractivity contribution in [2.75, 3.05) is 4.90 Å². The highest BCUT2D eigenvalue weighted by Crippen LogP contribution is 2.45. The highest BCUT2D eigenvalue weighted by molar-refractivity contribution is 7.25. The number of nitrogens with zero attached hydrogens (tertiary/aromatic N) is 2. The zero-order valence-electron chi connectivity index (χ0n) is 30.2. The Bertz CT molecular complexity index is 3500. The highest BCUT2D eigenvalue weighted by atomic mass is 32.1. The molecule has 0 bridgehead atoms. The minimum atomic E-state index is 0.878. The molecule has 0 aliphatic heterocycles. The Morgan fingerprint density at radius 1 is 0.411 bits per heavy atom. The molecule has 0 unspecified atom stereocenters. The molecular formula is C52H32N2OS. The monoisotopic (exact) mass is 732 g/mol. The first-order chi connectivity index (χ1) is 27.7. The van der Waals surface area contributed by atoms with Crippen molar-refractivity contribution in [3.8, 4) is 16.8 Å². The molecule has 0 spiro atoms. The number of para-hydroxylation sites is 2. The topological polar surface area (TPSA) is 21.3 Å². The number of hydrogen-bond donors (Lipinski definition) is 0. The van der Waals surface area contributed by atoms with E-state index in [1.165, 1.54) is 69.6 Å². The number of furan rings is 1. The maximum Gasteiger partial charge on any atom is 0.137 e. The van der Waals surface area contributed by atoms with Crippen molar-refractivity contribution >= 4 is 103 Å². The van der Waals surface area contributed by atoms with E-state index >= 15 is 0 Å². The minimum absolute atomic E-state index is 0.878. The molecule has 3 nitrogen and oxygen atoms in total. The maximum absolute atomic E-state index is 6.40. The van der Waals surface area contributed by atoms with Gasteiger partial charge in [0.25, 0.3) is 0 Å². The van der Waals surface area contributed by atoms with Crippen LogP contribution in [0.3, 0.4) is 0 Å². The normalized spacial score (nSPS) is 11.9. The molecule has 0 saturated carbocycles. The molecule has 0 N–H and O–H groups in total. The second-order valence-electron chi connectivity index (χ2n) is 14.5. The Balaban J connectivity index is 1.01. The van der Waals surface area contributed by atoms with Crippen molar-refractivity contribution in [3.05, 3.63) is 194 Å². The molecule has 3 heterocycles. The second-order valence-corrected chi connectivity index (χ2v) is 15.6. The highest BCUT2D eigenvalue weighted by Gasteiger charge is 2.21. The zero-order valence-corrected chi connectivity index (χ0v) is 31.0. The lowest BCUT2D eigenvalue weighted by Gasteiger charge is -2.26. The minimum Gasteiger partial charge on any atom is -0.456 e. The molecule has 9 aromatic carbocycles. The average Bonchev–Trinajstić information content (AvgIpc) is 3.93. The van der Waals surface area contributed by atoms with Crippen LogP contribution in [0.5, 0.6) is 0 Å². The van der Waals surface area contributed by atoms with E-state index in [2.05, 4.69) is 198 Å². The molecule has 12 aromatic rings. The number of thiophene rings is 1. The largest absolute Gasteiger partial charge is 0.456 e. The molecule has 56 heavy (non-hydrogen) atoms. The van der Waals surface area contributed by atoms with Crippen LogP contribution in [0.4, 0.5) is 17.1 Å². The van der Waals surface area contributed by atoms with Gasteiger partial charge in [0.05, 0.1) is 22.1 Å². The lowest BCUT2D eigenvalue weighted by atomic mass is 10.0. The van der Waals surface area contributed by atoms with Gasteiger partial charge in [-0.2, -0.15) is 0 Å². The van der Waals surface area contributed by atoms with E-state index in [9.17, 15) is 0 Å². The van der Waals surface area contributed by atoms with Gasteiger partial charge >= 0.3 is 0 Å². The van der Waals surface area contributed by atoms with Gasteiger partial charge in [0, 0.05) is 53.4 Å². The molecule has 0 aliphatic rings. The van der Waals surface area contributed by atoms with E-state index < -0.39 is 0 Å². The maximum atomic E-state index is 6.40. The lowest BCUT2D eigenvalue weighted by Crippen LogP contribution is -2.10. The van der Waals surface area contributed by atoms with Gasteiger partial charge in [0.1, 0.15) is 11.2 Å². The predicted octanol–water partition coefficient (Wildman–Crippen LogP) is 15.3. The van der Waals surface area contributed by atoms with E-state index in [-0.39, 0.29) is 0 Å². The van der Waals surface area contributed by atoms with E-state index in [1.54, 1.807) is 0 Å². The number of anilines is 3. The van der Waals surface area contributed by atoms with Crippen LogP contribution in [-0.2, 0) is 0 Å². The summed E-state index contributed by atoms with van der Waals surface area (Å²) >= 11 is 1.85. The Labute approximate surface area is 326 Å². The van der Waals surface area contributed by atoms with Crippen molar-refractivity contribution in [1.82, 2.24) is 4.57 Å². The standard InChI is InChI=1S/C52H32N2OS/c1-2-11-35-30-38(26-22-33(35)10-1)54-45-15-6-3-12-40(45)43-31-36(23-28-46(43)54)34-20-24-37(25-21-34)53(39-27-29-51-44(32-39)41-13-5-8-19-50(41)56-51)47-16-9-18-49-52(47)42-14-4-7-17-48(42)55-49/h1-32H. The van der Waals surface area contributed by atoms with Gasteiger partial charge in [-0.05, 0) is 107 Å². The first-order valence-corrected chi connectivity index (χ1v) is 19.8. The molecule has 0 radical (unpaired) electrons. The van der Waals surface area contributed by atoms with Crippen molar-refractivity contribution in [2.45, 2.75) is 0 Å². The van der Waals surface area contributed by atoms with Gasteiger partial charge in [0.15, 0.2) is 0 Å². The van der Waals surface area contributed by atoms with Gasteiger partial charge in [-0.1, -0.05) is 109 Å². The van der Waals surface area contributed by atoms with Crippen molar-refractivity contribution in [1.29, 1.82) is 0 Å². The summed E-state index contributed by atoms with van der Waals surface area (Å²) in [6.45, 7) is 0. The van der Waals surface area contributed by atoms with Gasteiger partial charge < -0.3 is 13.9 Å². The number of fused-ring (bicyclic) bond motifs is 10. The summed E-state index contributed by atoms with van der Waals surface area (Å²) < 4.78 is 11.4. The third-order valence-electron chi connectivity index (χ3n) is 11.4. The van der Waals surface area contributed by atoms with E-state index in [0.29, 0.717) is 0 Å². The number of hydrogen-bond acceptors (Lipinski definition) is 3. The molecule has 3 aromatic heterocycles. The van der Waals surface area contributed by atoms with E-state index in [4.69, 9.17) is 4.42 Å². The molecule has 0 fully saturated rings. The molecule has 12 rings (SSSR count). The van der Waals surface area contributed by atoms with Gasteiger partial charge in [-0.3, -0.25) is 0 Å². The molecule has 0 atom stereocenters. The van der Waals surface area contributed by atoms with Crippen LogP contribution in [0.2, 0.25) is 0 Å². The van der Waals surface area contributed by atoms with E-state index in [1.807, 2.05) is 17.4 Å².